The van der Waals surface area contributed by atoms with Crippen molar-refractivity contribution in [3.8, 4) is 0 Å². The summed E-state index contributed by atoms with van der Waals surface area (Å²) in [5, 5.41) is 0.285. The first-order valence-electron chi connectivity index (χ1n) is 6.79. The molecule has 2 heterocycles. The molecule has 1 aromatic heterocycles. The Labute approximate surface area is 137 Å². The molecule has 1 saturated heterocycles. The molecule has 6 heteroatoms. The van der Waals surface area contributed by atoms with Crippen LogP contribution in [0.3, 0.4) is 0 Å². The molecule has 0 spiro atoms. The molecule has 0 aliphatic carbocycles. The molecule has 3 rings (SSSR count). The van der Waals surface area contributed by atoms with Crippen LogP contribution in [0.2, 0.25) is 5.02 Å². The maximum absolute atomic E-state index is 12.4. The quantitative estimate of drug-likeness (QED) is 0.807. The first-order chi connectivity index (χ1) is 10.6. The van der Waals surface area contributed by atoms with Gasteiger partial charge in [-0.15, -0.1) is 11.8 Å². The molecular formula is C16H13ClN2O2S. The van der Waals surface area contributed by atoms with Gasteiger partial charge < -0.3 is 0 Å². The molecule has 1 atom stereocenters. The lowest BCUT2D eigenvalue weighted by molar-refractivity contribution is -0.138. The van der Waals surface area contributed by atoms with Crippen LogP contribution in [0, 0.1) is 0 Å². The summed E-state index contributed by atoms with van der Waals surface area (Å²) in [6, 6.07) is 10.9. The van der Waals surface area contributed by atoms with Gasteiger partial charge in [0, 0.05) is 28.7 Å². The van der Waals surface area contributed by atoms with Crippen molar-refractivity contribution < 1.29 is 9.59 Å². The first-order valence-corrected chi connectivity index (χ1v) is 8.04. The SMILES string of the molecule is O=C1C[C@H](Sc2ccc(Cl)cc2)C(=O)N1Cc1ccncc1. The van der Waals surface area contributed by atoms with Gasteiger partial charge in [-0.2, -0.15) is 0 Å². The van der Waals surface area contributed by atoms with Crippen LogP contribution in [0.4, 0.5) is 0 Å². The van der Waals surface area contributed by atoms with Gasteiger partial charge >= 0.3 is 0 Å². The van der Waals surface area contributed by atoms with Crippen molar-refractivity contribution in [2.45, 2.75) is 23.1 Å². The molecule has 112 valence electrons. The van der Waals surface area contributed by atoms with Crippen molar-refractivity contribution in [3.05, 3.63) is 59.4 Å². The van der Waals surface area contributed by atoms with Crippen LogP contribution in [-0.2, 0) is 16.1 Å². The van der Waals surface area contributed by atoms with Crippen LogP contribution >= 0.6 is 23.4 Å². The van der Waals surface area contributed by atoms with Crippen molar-refractivity contribution in [3.63, 3.8) is 0 Å². The fourth-order valence-electron chi connectivity index (χ4n) is 2.26. The second kappa shape index (κ2) is 6.50. The summed E-state index contributed by atoms with van der Waals surface area (Å²) in [5.41, 5.74) is 0.897. The Morgan fingerprint density at radius 1 is 1.14 bits per heavy atom. The maximum Gasteiger partial charge on any atom is 0.243 e. The summed E-state index contributed by atoms with van der Waals surface area (Å²) >= 11 is 7.25. The van der Waals surface area contributed by atoms with Gasteiger partial charge in [0.1, 0.15) is 0 Å². The molecule has 0 bridgehead atoms. The first kappa shape index (κ1) is 15.1. The van der Waals surface area contributed by atoms with Crippen LogP contribution in [0.1, 0.15) is 12.0 Å². The molecule has 1 aliphatic heterocycles. The fraction of sp³-hybridized carbons (Fsp3) is 0.188. The molecule has 0 radical (unpaired) electrons. The topological polar surface area (TPSA) is 50.3 Å². The van der Waals surface area contributed by atoms with Crippen LogP contribution in [0.5, 0.6) is 0 Å². The third kappa shape index (κ3) is 3.31. The van der Waals surface area contributed by atoms with E-state index in [0.717, 1.165) is 10.5 Å². The number of halogens is 1. The van der Waals surface area contributed by atoms with E-state index in [-0.39, 0.29) is 23.5 Å². The summed E-state index contributed by atoms with van der Waals surface area (Å²) in [7, 11) is 0. The fourth-order valence-corrected chi connectivity index (χ4v) is 3.46. The van der Waals surface area contributed by atoms with E-state index < -0.39 is 0 Å². The number of amides is 2. The Bertz CT molecular complexity index is 691. The van der Waals surface area contributed by atoms with Gasteiger partial charge in [-0.3, -0.25) is 19.5 Å². The van der Waals surface area contributed by atoms with E-state index >= 15 is 0 Å². The largest absolute Gasteiger partial charge is 0.277 e. The van der Waals surface area contributed by atoms with E-state index in [2.05, 4.69) is 4.98 Å². The highest BCUT2D eigenvalue weighted by Crippen LogP contribution is 2.32. The molecule has 1 aliphatic rings. The zero-order valence-corrected chi connectivity index (χ0v) is 13.2. The van der Waals surface area contributed by atoms with Gasteiger partial charge in [0.15, 0.2) is 0 Å². The van der Waals surface area contributed by atoms with Gasteiger partial charge in [0.2, 0.25) is 11.8 Å². The number of likely N-dealkylation sites (tertiary alicyclic amines) is 1. The number of pyridine rings is 1. The van der Waals surface area contributed by atoms with Crippen molar-refractivity contribution >= 4 is 35.2 Å². The van der Waals surface area contributed by atoms with Gasteiger partial charge in [0.25, 0.3) is 0 Å². The Kier molecular flexibility index (Phi) is 4.45. The van der Waals surface area contributed by atoms with Crippen molar-refractivity contribution in [2.24, 2.45) is 0 Å². The van der Waals surface area contributed by atoms with E-state index in [1.54, 1.807) is 36.7 Å². The van der Waals surface area contributed by atoms with E-state index in [9.17, 15) is 9.59 Å². The lowest BCUT2D eigenvalue weighted by Crippen LogP contribution is -2.30. The zero-order valence-electron chi connectivity index (χ0n) is 11.6. The average molecular weight is 333 g/mol. The highest BCUT2D eigenvalue weighted by Gasteiger charge is 2.38. The zero-order chi connectivity index (χ0) is 15.5. The molecule has 2 aromatic rings. The predicted octanol–water partition coefficient (Wildman–Crippen LogP) is 3.15. The van der Waals surface area contributed by atoms with E-state index in [0.29, 0.717) is 11.6 Å². The van der Waals surface area contributed by atoms with E-state index in [4.69, 9.17) is 11.6 Å². The van der Waals surface area contributed by atoms with Gasteiger partial charge in [0.05, 0.1) is 11.8 Å². The molecule has 0 N–H and O–H groups in total. The summed E-state index contributed by atoms with van der Waals surface area (Å²) < 4.78 is 0. The predicted molar refractivity (Wildman–Crippen MR) is 85.5 cm³/mol. The average Bonchev–Trinajstić information content (AvgIpc) is 2.78. The molecule has 0 unspecified atom stereocenters. The number of aromatic nitrogens is 1. The Balaban J connectivity index is 1.70. The number of benzene rings is 1. The normalized spacial score (nSPS) is 18.0. The minimum absolute atomic E-state index is 0.131. The third-order valence-electron chi connectivity index (χ3n) is 3.38. The van der Waals surface area contributed by atoms with Gasteiger partial charge in [-0.1, -0.05) is 11.6 Å². The Morgan fingerprint density at radius 2 is 1.82 bits per heavy atom. The van der Waals surface area contributed by atoms with Crippen LogP contribution in [0.15, 0.2) is 53.7 Å². The molecule has 2 amide bonds. The van der Waals surface area contributed by atoms with E-state index in [1.165, 1.54) is 16.7 Å². The maximum atomic E-state index is 12.4. The Morgan fingerprint density at radius 3 is 2.50 bits per heavy atom. The highest BCUT2D eigenvalue weighted by molar-refractivity contribution is 8.00. The number of carbonyl (C=O) groups is 2. The van der Waals surface area contributed by atoms with Crippen LogP contribution in [0.25, 0.3) is 0 Å². The Hall–Kier alpha value is -1.85. The molecule has 22 heavy (non-hydrogen) atoms. The number of rotatable bonds is 4. The number of carbonyl (C=O) groups excluding carboxylic acids is 2. The minimum atomic E-state index is -0.365. The molecule has 0 saturated carbocycles. The summed E-state index contributed by atoms with van der Waals surface area (Å²) in [6.45, 7) is 0.303. The van der Waals surface area contributed by atoms with Crippen LogP contribution < -0.4 is 0 Å². The van der Waals surface area contributed by atoms with Crippen molar-refractivity contribution in [1.82, 2.24) is 9.88 Å². The third-order valence-corrected chi connectivity index (χ3v) is 4.83. The van der Waals surface area contributed by atoms with Gasteiger partial charge in [-0.25, -0.2) is 0 Å². The molecule has 1 fully saturated rings. The highest BCUT2D eigenvalue weighted by atomic mass is 35.5. The number of nitrogens with zero attached hydrogens (tertiary/aromatic N) is 2. The molecule has 4 nitrogen and oxygen atoms in total. The van der Waals surface area contributed by atoms with Crippen molar-refractivity contribution in [2.75, 3.05) is 0 Å². The number of hydrogen-bond donors (Lipinski definition) is 0. The number of thioether (sulfide) groups is 1. The monoisotopic (exact) mass is 332 g/mol. The number of hydrogen-bond acceptors (Lipinski definition) is 4. The standard InChI is InChI=1S/C16H13ClN2O2S/c17-12-1-3-13(4-2-12)22-14-9-15(20)19(16(14)21)10-11-5-7-18-8-6-11/h1-8,14H,9-10H2/t14-/m0/s1. The molecule has 1 aromatic carbocycles. The van der Waals surface area contributed by atoms with Crippen molar-refractivity contribution in [1.29, 1.82) is 0 Å². The summed E-state index contributed by atoms with van der Waals surface area (Å²) in [6.07, 6.45) is 3.54. The van der Waals surface area contributed by atoms with Gasteiger partial charge in [-0.05, 0) is 42.0 Å². The molecular weight excluding hydrogens is 320 g/mol. The second-order valence-electron chi connectivity index (χ2n) is 4.94. The van der Waals surface area contributed by atoms with E-state index in [1.807, 2.05) is 12.1 Å². The smallest absolute Gasteiger partial charge is 0.243 e. The number of imide groups is 1. The summed E-state index contributed by atoms with van der Waals surface area (Å²) in [5.74, 6) is -0.268. The lowest BCUT2D eigenvalue weighted by atomic mass is 10.2. The summed E-state index contributed by atoms with van der Waals surface area (Å²) in [4.78, 5) is 30.7. The van der Waals surface area contributed by atoms with Crippen LogP contribution in [-0.4, -0.2) is 26.9 Å². The minimum Gasteiger partial charge on any atom is -0.277 e. The second-order valence-corrected chi connectivity index (χ2v) is 6.65. The lowest BCUT2D eigenvalue weighted by Gasteiger charge is -2.14.